The Morgan fingerprint density at radius 3 is 2.41 bits per heavy atom. The summed E-state index contributed by atoms with van der Waals surface area (Å²) in [6, 6.07) is 11.8. The van der Waals surface area contributed by atoms with Crippen LogP contribution in [0.1, 0.15) is 50.6 Å². The maximum absolute atomic E-state index is 13.1. The highest BCUT2D eigenvalue weighted by molar-refractivity contribution is 6.06. The minimum atomic E-state index is -0.676. The Hall–Kier alpha value is -3.94. The lowest BCUT2D eigenvalue weighted by Crippen LogP contribution is -2.22. The number of furan rings is 1. The molecule has 0 unspecified atom stereocenters. The van der Waals surface area contributed by atoms with Gasteiger partial charge in [-0.1, -0.05) is 0 Å². The van der Waals surface area contributed by atoms with Gasteiger partial charge in [0.05, 0.1) is 12.8 Å². The van der Waals surface area contributed by atoms with Crippen molar-refractivity contribution in [3.63, 3.8) is 0 Å². The lowest BCUT2D eigenvalue weighted by atomic mass is 9.93. The smallest absolute Gasteiger partial charge is 0.379 e. The first-order valence-electron chi connectivity index (χ1n) is 10.1. The molecule has 1 amide bonds. The topological polar surface area (TPSA) is 90.1 Å². The molecule has 1 aliphatic carbocycles. The molecule has 2 aromatic carbocycles. The number of hydrogen-bond donors (Lipinski definition) is 1. The van der Waals surface area contributed by atoms with E-state index in [1.807, 2.05) is 0 Å². The molecule has 1 aromatic heterocycles. The first-order chi connectivity index (χ1) is 15.5. The number of carbonyl (C=O) groups is 2. The van der Waals surface area contributed by atoms with Crippen molar-refractivity contribution in [2.75, 3.05) is 7.11 Å². The molecule has 4 rings (SSSR count). The molecule has 32 heavy (non-hydrogen) atoms. The molecule has 0 saturated carbocycles. The van der Waals surface area contributed by atoms with Crippen LogP contribution in [0.15, 0.2) is 58.0 Å². The molecule has 0 fully saturated rings. The van der Waals surface area contributed by atoms with E-state index in [4.69, 9.17) is 13.9 Å². The number of hydrazone groups is 1. The number of carbonyl (C=O) groups excluding carboxylic acids is 2. The number of nitrogens with zero attached hydrogens (tertiary/aromatic N) is 1. The lowest BCUT2D eigenvalue weighted by Gasteiger charge is -2.13. The van der Waals surface area contributed by atoms with Crippen LogP contribution in [0.3, 0.4) is 0 Å². The molecule has 0 atom stereocenters. The van der Waals surface area contributed by atoms with Crippen molar-refractivity contribution in [3.05, 3.63) is 82.6 Å². The van der Waals surface area contributed by atoms with Crippen LogP contribution in [0.25, 0.3) is 0 Å². The third-order valence-electron chi connectivity index (χ3n) is 5.18. The van der Waals surface area contributed by atoms with Crippen LogP contribution in [-0.4, -0.2) is 24.7 Å². The predicted octanol–water partition coefficient (Wildman–Crippen LogP) is 4.43. The van der Waals surface area contributed by atoms with E-state index in [1.165, 1.54) is 24.3 Å². The summed E-state index contributed by atoms with van der Waals surface area (Å²) in [6.07, 6.45) is 2.04. The molecule has 0 radical (unpaired) electrons. The van der Waals surface area contributed by atoms with Gasteiger partial charge in [-0.15, -0.1) is 0 Å². The number of hydrogen-bond acceptors (Lipinski definition) is 6. The van der Waals surface area contributed by atoms with E-state index < -0.39 is 11.8 Å². The first-order valence-corrected chi connectivity index (χ1v) is 10.1. The van der Waals surface area contributed by atoms with Gasteiger partial charge >= 0.3 is 5.97 Å². The predicted molar refractivity (Wildman–Crippen MR) is 115 cm³/mol. The van der Waals surface area contributed by atoms with E-state index in [1.54, 1.807) is 38.3 Å². The molecule has 0 saturated heterocycles. The summed E-state index contributed by atoms with van der Waals surface area (Å²) in [5.74, 6) is 0.0961. The number of esters is 1. The standard InChI is InChI=1S/C24H21FN2O5/c1-14-21-19(26-27-23(28)15-6-10-17(30-2)11-7-15)4-3-5-20(21)32-22(14)24(29)31-18-12-8-16(25)9-13-18/h6-13H,3-5H2,1-2H3,(H,27,28)/b26-19+. The van der Waals surface area contributed by atoms with Gasteiger partial charge in [0, 0.05) is 23.1 Å². The van der Waals surface area contributed by atoms with Crippen LogP contribution in [0.2, 0.25) is 0 Å². The molecule has 0 spiro atoms. The average Bonchev–Trinajstić information content (AvgIpc) is 3.16. The summed E-state index contributed by atoms with van der Waals surface area (Å²) in [5.41, 5.74) is 4.94. The summed E-state index contributed by atoms with van der Waals surface area (Å²) in [7, 11) is 1.55. The molecule has 164 valence electrons. The second kappa shape index (κ2) is 9.05. The zero-order valence-corrected chi connectivity index (χ0v) is 17.6. The van der Waals surface area contributed by atoms with Crippen molar-refractivity contribution < 1.29 is 27.9 Å². The Morgan fingerprint density at radius 1 is 1.03 bits per heavy atom. The molecular weight excluding hydrogens is 415 g/mol. The van der Waals surface area contributed by atoms with Crippen molar-refractivity contribution in [1.82, 2.24) is 5.43 Å². The third kappa shape index (κ3) is 4.39. The van der Waals surface area contributed by atoms with Gasteiger partial charge in [0.25, 0.3) is 5.91 Å². The number of halogens is 1. The maximum atomic E-state index is 13.1. The Labute approximate surface area is 183 Å². The van der Waals surface area contributed by atoms with Gasteiger partial charge in [-0.25, -0.2) is 14.6 Å². The third-order valence-corrected chi connectivity index (χ3v) is 5.18. The summed E-state index contributed by atoms with van der Waals surface area (Å²) >= 11 is 0. The summed E-state index contributed by atoms with van der Waals surface area (Å²) in [4.78, 5) is 25.1. The molecule has 0 bridgehead atoms. The van der Waals surface area contributed by atoms with Gasteiger partial charge in [-0.3, -0.25) is 4.79 Å². The fraction of sp³-hybridized carbons (Fsp3) is 0.208. The van der Waals surface area contributed by atoms with Crippen LogP contribution in [0, 0.1) is 12.7 Å². The Balaban J connectivity index is 1.53. The van der Waals surface area contributed by atoms with Crippen molar-refractivity contribution in [1.29, 1.82) is 0 Å². The highest BCUT2D eigenvalue weighted by Crippen LogP contribution is 2.30. The molecule has 1 N–H and O–H groups in total. The number of amides is 1. The van der Waals surface area contributed by atoms with E-state index >= 15 is 0 Å². The maximum Gasteiger partial charge on any atom is 0.379 e. The van der Waals surface area contributed by atoms with E-state index in [-0.39, 0.29) is 17.4 Å². The second-order valence-electron chi connectivity index (χ2n) is 7.28. The quantitative estimate of drug-likeness (QED) is 0.363. The van der Waals surface area contributed by atoms with Crippen LogP contribution in [0.4, 0.5) is 4.39 Å². The highest BCUT2D eigenvalue weighted by Gasteiger charge is 2.29. The van der Waals surface area contributed by atoms with E-state index in [9.17, 15) is 14.0 Å². The SMILES string of the molecule is COc1ccc(C(=O)N/N=C2\CCCc3oc(C(=O)Oc4ccc(F)cc4)c(C)c32)cc1. The molecule has 0 aliphatic heterocycles. The van der Waals surface area contributed by atoms with E-state index in [0.29, 0.717) is 46.8 Å². The highest BCUT2D eigenvalue weighted by atomic mass is 19.1. The summed E-state index contributed by atoms with van der Waals surface area (Å²) in [5, 5.41) is 4.30. The van der Waals surface area contributed by atoms with Crippen LogP contribution >= 0.6 is 0 Å². The normalized spacial score (nSPS) is 14.0. The number of nitrogens with one attached hydrogen (secondary N) is 1. The number of rotatable bonds is 5. The van der Waals surface area contributed by atoms with Gasteiger partial charge in [0.15, 0.2) is 0 Å². The van der Waals surface area contributed by atoms with Gasteiger partial charge in [-0.2, -0.15) is 5.10 Å². The average molecular weight is 436 g/mol. The number of benzene rings is 2. The minimum absolute atomic E-state index is 0.0652. The molecule has 7 nitrogen and oxygen atoms in total. The molecule has 1 aliphatic rings. The lowest BCUT2D eigenvalue weighted by molar-refractivity contribution is 0.0698. The minimum Gasteiger partial charge on any atom is -0.497 e. The van der Waals surface area contributed by atoms with Crippen molar-refractivity contribution in [3.8, 4) is 11.5 Å². The molecule has 1 heterocycles. The van der Waals surface area contributed by atoms with Gasteiger partial charge in [0.2, 0.25) is 5.76 Å². The Morgan fingerprint density at radius 2 is 1.72 bits per heavy atom. The Kier molecular flexibility index (Phi) is 6.02. The fourth-order valence-electron chi connectivity index (χ4n) is 3.56. The van der Waals surface area contributed by atoms with Gasteiger partial charge in [0.1, 0.15) is 23.1 Å². The van der Waals surface area contributed by atoms with E-state index in [2.05, 4.69) is 10.5 Å². The van der Waals surface area contributed by atoms with Crippen LogP contribution < -0.4 is 14.9 Å². The number of methoxy groups -OCH3 is 1. The zero-order chi connectivity index (χ0) is 22.7. The summed E-state index contributed by atoms with van der Waals surface area (Å²) < 4.78 is 29.3. The van der Waals surface area contributed by atoms with Crippen molar-refractivity contribution in [2.24, 2.45) is 5.10 Å². The van der Waals surface area contributed by atoms with Crippen molar-refractivity contribution in [2.45, 2.75) is 26.2 Å². The molecule has 8 heteroatoms. The Bertz CT molecular complexity index is 1180. The zero-order valence-electron chi connectivity index (χ0n) is 17.6. The second-order valence-corrected chi connectivity index (χ2v) is 7.28. The van der Waals surface area contributed by atoms with Crippen LogP contribution in [-0.2, 0) is 6.42 Å². The molecule has 3 aromatic rings. The monoisotopic (exact) mass is 436 g/mol. The number of ether oxygens (including phenoxy) is 2. The number of aryl methyl sites for hydroxylation is 1. The van der Waals surface area contributed by atoms with Crippen molar-refractivity contribution >= 4 is 17.6 Å². The summed E-state index contributed by atoms with van der Waals surface area (Å²) in [6.45, 7) is 1.75. The first kappa shape index (κ1) is 21.3. The van der Waals surface area contributed by atoms with Gasteiger partial charge < -0.3 is 13.9 Å². The fourth-order valence-corrected chi connectivity index (χ4v) is 3.56. The largest absolute Gasteiger partial charge is 0.497 e. The number of fused-ring (bicyclic) bond motifs is 1. The van der Waals surface area contributed by atoms with Crippen LogP contribution in [0.5, 0.6) is 11.5 Å². The van der Waals surface area contributed by atoms with E-state index in [0.717, 1.165) is 6.42 Å². The molecular formula is C24H21FN2O5. The van der Waals surface area contributed by atoms with Gasteiger partial charge in [-0.05, 0) is 68.3 Å².